The highest BCUT2D eigenvalue weighted by molar-refractivity contribution is 6.09. The zero-order chi connectivity index (χ0) is 20.0. The minimum atomic E-state index is -0.155. The molecule has 1 saturated heterocycles. The molecule has 3 atom stereocenters. The molecule has 1 unspecified atom stereocenters. The molecule has 3 aliphatic rings. The Morgan fingerprint density at radius 2 is 2.00 bits per heavy atom. The van der Waals surface area contributed by atoms with E-state index in [1.54, 1.807) is 7.11 Å². The number of ether oxygens (including phenoxy) is 1. The van der Waals surface area contributed by atoms with Crippen molar-refractivity contribution in [2.75, 3.05) is 20.2 Å². The Morgan fingerprint density at radius 1 is 1.14 bits per heavy atom. The van der Waals surface area contributed by atoms with Gasteiger partial charge in [-0.15, -0.1) is 0 Å². The van der Waals surface area contributed by atoms with Crippen molar-refractivity contribution in [2.24, 2.45) is 5.92 Å². The molecule has 2 aromatic rings. The van der Waals surface area contributed by atoms with Gasteiger partial charge in [0.05, 0.1) is 13.5 Å². The largest absolute Gasteiger partial charge is 0.496 e. The van der Waals surface area contributed by atoms with E-state index in [1.807, 2.05) is 30.3 Å². The van der Waals surface area contributed by atoms with Crippen molar-refractivity contribution in [3.05, 3.63) is 64.7 Å². The molecular formula is C24H26N2O3. The zero-order valence-electron chi connectivity index (χ0n) is 16.7. The van der Waals surface area contributed by atoms with Crippen LogP contribution in [-0.4, -0.2) is 43.0 Å². The zero-order valence-corrected chi connectivity index (χ0v) is 16.7. The fourth-order valence-electron chi connectivity index (χ4n) is 5.50. The first-order valence-corrected chi connectivity index (χ1v) is 10.5. The minimum absolute atomic E-state index is 0.0889. The third kappa shape index (κ3) is 3.04. The molecular weight excluding hydrogens is 364 g/mol. The van der Waals surface area contributed by atoms with Crippen molar-refractivity contribution in [1.82, 2.24) is 10.2 Å². The average molecular weight is 390 g/mol. The van der Waals surface area contributed by atoms with Gasteiger partial charge in [-0.1, -0.05) is 30.3 Å². The van der Waals surface area contributed by atoms with Gasteiger partial charge >= 0.3 is 0 Å². The van der Waals surface area contributed by atoms with E-state index in [-0.39, 0.29) is 17.9 Å². The number of amides is 2. The number of benzene rings is 2. The quantitative estimate of drug-likeness (QED) is 0.816. The maximum Gasteiger partial charge on any atom is 0.260 e. The summed E-state index contributed by atoms with van der Waals surface area (Å²) in [5.41, 5.74) is 4.20. The van der Waals surface area contributed by atoms with E-state index < -0.39 is 0 Å². The van der Waals surface area contributed by atoms with Crippen molar-refractivity contribution in [1.29, 1.82) is 0 Å². The van der Waals surface area contributed by atoms with Gasteiger partial charge in [0.25, 0.3) is 5.91 Å². The fraction of sp³-hybridized carbons (Fsp3) is 0.417. The van der Waals surface area contributed by atoms with Crippen LogP contribution in [0.4, 0.5) is 0 Å². The van der Waals surface area contributed by atoms with Crippen LogP contribution in [0, 0.1) is 5.92 Å². The lowest BCUT2D eigenvalue weighted by atomic mass is 9.73. The summed E-state index contributed by atoms with van der Waals surface area (Å²) < 4.78 is 5.59. The second kappa shape index (κ2) is 7.30. The minimum Gasteiger partial charge on any atom is -0.496 e. The molecule has 2 aliphatic heterocycles. The molecule has 29 heavy (non-hydrogen) atoms. The molecule has 2 heterocycles. The number of nitrogens with one attached hydrogen (secondary N) is 1. The number of fused-ring (bicyclic) bond motifs is 4. The molecule has 1 fully saturated rings. The van der Waals surface area contributed by atoms with E-state index in [9.17, 15) is 9.59 Å². The number of hydrogen-bond donors (Lipinski definition) is 1. The third-order valence-electron chi connectivity index (χ3n) is 6.90. The summed E-state index contributed by atoms with van der Waals surface area (Å²) >= 11 is 0. The molecule has 0 spiro atoms. The van der Waals surface area contributed by atoms with Crippen molar-refractivity contribution < 1.29 is 14.3 Å². The average Bonchev–Trinajstić information content (AvgIpc) is 3.16. The van der Waals surface area contributed by atoms with Crippen LogP contribution in [0.15, 0.2) is 42.5 Å². The van der Waals surface area contributed by atoms with Crippen LogP contribution in [0.1, 0.15) is 45.8 Å². The first-order valence-electron chi connectivity index (χ1n) is 10.5. The Labute approximate surface area is 171 Å². The van der Waals surface area contributed by atoms with Gasteiger partial charge in [0.2, 0.25) is 5.91 Å². The van der Waals surface area contributed by atoms with Gasteiger partial charge in [0, 0.05) is 24.1 Å². The summed E-state index contributed by atoms with van der Waals surface area (Å²) in [6, 6.07) is 14.0. The van der Waals surface area contributed by atoms with Crippen molar-refractivity contribution >= 4 is 11.8 Å². The van der Waals surface area contributed by atoms with Crippen LogP contribution in [0.25, 0.3) is 0 Å². The van der Waals surface area contributed by atoms with Crippen molar-refractivity contribution in [2.45, 2.75) is 37.6 Å². The fourth-order valence-corrected chi connectivity index (χ4v) is 5.50. The van der Waals surface area contributed by atoms with Crippen LogP contribution in [-0.2, 0) is 17.6 Å². The molecule has 0 radical (unpaired) electrons. The van der Waals surface area contributed by atoms with Crippen LogP contribution >= 0.6 is 0 Å². The van der Waals surface area contributed by atoms with Crippen LogP contribution in [0.2, 0.25) is 0 Å². The smallest absolute Gasteiger partial charge is 0.260 e. The molecule has 0 saturated carbocycles. The lowest BCUT2D eigenvalue weighted by Gasteiger charge is -2.33. The van der Waals surface area contributed by atoms with E-state index in [2.05, 4.69) is 17.4 Å². The number of hydrogen-bond acceptors (Lipinski definition) is 4. The number of carbonyl (C=O) groups is 2. The van der Waals surface area contributed by atoms with Gasteiger partial charge in [-0.25, -0.2) is 0 Å². The van der Waals surface area contributed by atoms with Gasteiger partial charge in [0.1, 0.15) is 5.75 Å². The Morgan fingerprint density at radius 3 is 2.86 bits per heavy atom. The number of imide groups is 1. The number of nitrogens with zero attached hydrogens (tertiary/aromatic N) is 1. The summed E-state index contributed by atoms with van der Waals surface area (Å²) in [5.74, 6) is 1.75. The van der Waals surface area contributed by atoms with Gasteiger partial charge in [-0.3, -0.25) is 14.5 Å². The third-order valence-corrected chi connectivity index (χ3v) is 6.90. The summed E-state index contributed by atoms with van der Waals surface area (Å²) in [6.07, 6.45) is 3.29. The molecule has 2 aromatic carbocycles. The second-order valence-electron chi connectivity index (χ2n) is 8.34. The Bertz CT molecular complexity index is 970. The van der Waals surface area contributed by atoms with E-state index in [4.69, 9.17) is 4.74 Å². The van der Waals surface area contributed by atoms with E-state index in [1.165, 1.54) is 16.0 Å². The molecule has 0 aromatic heterocycles. The first-order chi connectivity index (χ1) is 14.2. The maximum absolute atomic E-state index is 12.9. The number of rotatable bonds is 4. The molecule has 5 nitrogen and oxygen atoms in total. The van der Waals surface area contributed by atoms with E-state index >= 15 is 0 Å². The number of methoxy groups -OCH3 is 1. The van der Waals surface area contributed by atoms with Gasteiger partial charge in [0.15, 0.2) is 0 Å². The summed E-state index contributed by atoms with van der Waals surface area (Å²) in [6.45, 7) is 1.46. The van der Waals surface area contributed by atoms with Crippen molar-refractivity contribution in [3.63, 3.8) is 0 Å². The first kappa shape index (κ1) is 18.4. The summed E-state index contributed by atoms with van der Waals surface area (Å²) in [7, 11) is 1.73. The highest BCUT2D eigenvalue weighted by Gasteiger charge is 2.41. The highest BCUT2D eigenvalue weighted by atomic mass is 16.5. The molecule has 1 N–H and O–H groups in total. The van der Waals surface area contributed by atoms with Crippen LogP contribution in [0.5, 0.6) is 5.75 Å². The van der Waals surface area contributed by atoms with E-state index in [0.717, 1.165) is 37.1 Å². The molecule has 1 aliphatic carbocycles. The van der Waals surface area contributed by atoms with Gasteiger partial charge in [-0.2, -0.15) is 0 Å². The molecule has 2 amide bonds. The lowest BCUT2D eigenvalue weighted by molar-refractivity contribution is -0.128. The standard InChI is InChI=1S/C24H26N2O3/c1-29-21-8-4-7-19-18(21)10-9-16-14-25-20(23(16)19)11-12-26-22(27)13-15-5-2-3-6-17(15)24(26)28/h2-8,16,20,23,25H,9-14H2,1H3/t16-,20?,23+/m0/s1. The predicted octanol–water partition coefficient (Wildman–Crippen LogP) is 2.93. The Balaban J connectivity index is 1.35. The predicted molar refractivity (Wildman–Crippen MR) is 110 cm³/mol. The summed E-state index contributed by atoms with van der Waals surface area (Å²) in [5, 5.41) is 3.68. The maximum atomic E-state index is 12.9. The van der Waals surface area contributed by atoms with Crippen LogP contribution in [0.3, 0.4) is 0 Å². The van der Waals surface area contributed by atoms with Crippen molar-refractivity contribution in [3.8, 4) is 5.75 Å². The normalized spacial score (nSPS) is 25.4. The topological polar surface area (TPSA) is 58.6 Å². The van der Waals surface area contributed by atoms with Gasteiger partial charge in [-0.05, 0) is 60.5 Å². The highest BCUT2D eigenvalue weighted by Crippen LogP contribution is 2.45. The van der Waals surface area contributed by atoms with Crippen LogP contribution < -0.4 is 10.1 Å². The molecule has 150 valence electrons. The van der Waals surface area contributed by atoms with Gasteiger partial charge < -0.3 is 10.1 Å². The molecule has 5 heteroatoms. The SMILES string of the molecule is COc1cccc2c1CC[C@H]1CNC(CCN3C(=O)Cc4ccccc4C3=O)[C@@H]21. The van der Waals surface area contributed by atoms with E-state index in [0.29, 0.717) is 30.4 Å². The lowest BCUT2D eigenvalue weighted by Crippen LogP contribution is -2.44. The molecule has 0 bridgehead atoms. The molecule has 5 rings (SSSR count). The monoisotopic (exact) mass is 390 g/mol. The number of carbonyl (C=O) groups excluding carboxylic acids is 2. The Hall–Kier alpha value is -2.66. The Kier molecular flexibility index (Phi) is 4.63. The summed E-state index contributed by atoms with van der Waals surface area (Å²) in [4.78, 5) is 26.9. The second-order valence-corrected chi connectivity index (χ2v) is 8.34.